The molecule has 0 amide bonds. The number of rotatable bonds is 3. The number of phenolic OH excluding ortho intramolecular Hbond substituents is 1. The van der Waals surface area contributed by atoms with E-state index in [1.54, 1.807) is 6.92 Å². The first kappa shape index (κ1) is 12.6. The summed E-state index contributed by atoms with van der Waals surface area (Å²) in [5, 5.41) is 19.6. The number of aliphatic carboxylic acids is 1. The Morgan fingerprint density at radius 2 is 2.06 bits per heavy atom. The molecule has 96 valence electrons. The van der Waals surface area contributed by atoms with Gasteiger partial charge in [-0.25, -0.2) is 8.42 Å². The number of aromatic hydroxyl groups is 1. The molecular formula is C12H12O5S. The Bertz CT molecular complexity index is 642. The summed E-state index contributed by atoms with van der Waals surface area (Å²) >= 11 is 0. The number of hydrogen-bond donors (Lipinski definition) is 2. The molecule has 1 aliphatic heterocycles. The van der Waals surface area contributed by atoms with Crippen LogP contribution >= 0.6 is 0 Å². The molecule has 0 bridgehead atoms. The predicted molar refractivity (Wildman–Crippen MR) is 64.7 cm³/mol. The molecule has 2 rings (SSSR count). The SMILES string of the molecule is CC(CC(=O)O)C1=CS(=O)(=O)c2cccc(O)c21. The van der Waals surface area contributed by atoms with Crippen LogP contribution in [-0.4, -0.2) is 24.6 Å². The van der Waals surface area contributed by atoms with Gasteiger partial charge in [-0.2, -0.15) is 0 Å². The van der Waals surface area contributed by atoms with Crippen LogP contribution in [0.4, 0.5) is 0 Å². The number of hydrogen-bond acceptors (Lipinski definition) is 4. The lowest BCUT2D eigenvalue weighted by atomic mass is 9.92. The number of carboxylic acids is 1. The molecule has 1 unspecified atom stereocenters. The molecule has 1 heterocycles. The molecule has 6 heteroatoms. The second-order valence-electron chi connectivity index (χ2n) is 4.27. The van der Waals surface area contributed by atoms with Gasteiger partial charge in [-0.15, -0.1) is 0 Å². The average molecular weight is 268 g/mol. The average Bonchev–Trinajstić information content (AvgIpc) is 2.52. The molecule has 0 aromatic heterocycles. The van der Waals surface area contributed by atoms with Crippen molar-refractivity contribution >= 4 is 21.4 Å². The van der Waals surface area contributed by atoms with E-state index in [-0.39, 0.29) is 22.6 Å². The van der Waals surface area contributed by atoms with Crippen molar-refractivity contribution in [3.05, 3.63) is 29.2 Å². The number of sulfone groups is 1. The lowest BCUT2D eigenvalue weighted by Crippen LogP contribution is -2.05. The van der Waals surface area contributed by atoms with Crippen LogP contribution in [0.1, 0.15) is 18.9 Å². The topological polar surface area (TPSA) is 91.7 Å². The van der Waals surface area contributed by atoms with Crippen molar-refractivity contribution in [3.63, 3.8) is 0 Å². The highest BCUT2D eigenvalue weighted by Crippen LogP contribution is 2.43. The van der Waals surface area contributed by atoms with Gasteiger partial charge >= 0.3 is 5.97 Å². The standard InChI is InChI=1S/C12H12O5S/c1-7(5-11(14)15)8-6-18(16,17)10-4-2-3-9(13)12(8)10/h2-4,6-7,13H,5H2,1H3,(H,14,15). The minimum Gasteiger partial charge on any atom is -0.507 e. The molecule has 0 saturated heterocycles. The Morgan fingerprint density at radius 3 is 2.67 bits per heavy atom. The number of allylic oxidation sites excluding steroid dienone is 1. The maximum Gasteiger partial charge on any atom is 0.303 e. The quantitative estimate of drug-likeness (QED) is 0.869. The van der Waals surface area contributed by atoms with Crippen molar-refractivity contribution in [2.45, 2.75) is 18.2 Å². The van der Waals surface area contributed by atoms with E-state index in [0.29, 0.717) is 5.57 Å². The van der Waals surface area contributed by atoms with E-state index < -0.39 is 21.7 Å². The summed E-state index contributed by atoms with van der Waals surface area (Å²) in [5.41, 5.74) is 0.580. The Morgan fingerprint density at radius 1 is 1.39 bits per heavy atom. The predicted octanol–water partition coefficient (Wildman–Crippen LogP) is 1.63. The van der Waals surface area contributed by atoms with Crippen molar-refractivity contribution in [2.75, 3.05) is 0 Å². The van der Waals surface area contributed by atoms with Crippen LogP contribution in [0, 0.1) is 5.92 Å². The van der Waals surface area contributed by atoms with Crippen LogP contribution in [0.25, 0.3) is 5.57 Å². The summed E-state index contributed by atoms with van der Waals surface area (Å²) in [6.07, 6.45) is -0.185. The number of benzene rings is 1. The first-order chi connectivity index (χ1) is 8.33. The number of phenols is 1. The van der Waals surface area contributed by atoms with Crippen molar-refractivity contribution in [1.82, 2.24) is 0 Å². The number of carbonyl (C=O) groups is 1. The van der Waals surface area contributed by atoms with Crippen LogP contribution in [0.15, 0.2) is 28.5 Å². The van der Waals surface area contributed by atoms with Crippen molar-refractivity contribution in [1.29, 1.82) is 0 Å². The summed E-state index contributed by atoms with van der Waals surface area (Å²) in [6, 6.07) is 4.24. The van der Waals surface area contributed by atoms with Crippen LogP contribution in [0.3, 0.4) is 0 Å². The summed E-state index contributed by atoms with van der Waals surface area (Å²) in [4.78, 5) is 10.7. The van der Waals surface area contributed by atoms with Gasteiger partial charge in [0, 0.05) is 11.0 Å². The number of fused-ring (bicyclic) bond motifs is 1. The van der Waals surface area contributed by atoms with Crippen molar-refractivity contribution in [3.8, 4) is 5.75 Å². The van der Waals surface area contributed by atoms with Gasteiger partial charge in [0.15, 0.2) is 0 Å². The molecule has 0 radical (unpaired) electrons. The monoisotopic (exact) mass is 268 g/mol. The normalized spacial score (nSPS) is 17.9. The fraction of sp³-hybridized carbons (Fsp3) is 0.250. The lowest BCUT2D eigenvalue weighted by molar-refractivity contribution is -0.137. The fourth-order valence-corrected chi connectivity index (χ4v) is 3.66. The second-order valence-corrected chi connectivity index (χ2v) is 6.03. The van der Waals surface area contributed by atoms with E-state index in [1.165, 1.54) is 18.2 Å². The fourth-order valence-electron chi connectivity index (χ4n) is 2.07. The zero-order valence-electron chi connectivity index (χ0n) is 9.62. The zero-order chi connectivity index (χ0) is 13.5. The summed E-state index contributed by atoms with van der Waals surface area (Å²) < 4.78 is 23.7. The summed E-state index contributed by atoms with van der Waals surface area (Å²) in [5.74, 6) is -1.63. The second kappa shape index (κ2) is 4.13. The van der Waals surface area contributed by atoms with Crippen LogP contribution in [0.2, 0.25) is 0 Å². The van der Waals surface area contributed by atoms with Gasteiger partial charge < -0.3 is 10.2 Å². The molecule has 2 N–H and O–H groups in total. The minimum absolute atomic E-state index is 0.0368. The highest BCUT2D eigenvalue weighted by Gasteiger charge is 2.32. The minimum atomic E-state index is -3.57. The van der Waals surface area contributed by atoms with Gasteiger partial charge in [0.1, 0.15) is 5.75 Å². The first-order valence-corrected chi connectivity index (χ1v) is 6.88. The van der Waals surface area contributed by atoms with Gasteiger partial charge in [0.25, 0.3) is 0 Å². The molecule has 0 fully saturated rings. The smallest absolute Gasteiger partial charge is 0.303 e. The highest BCUT2D eigenvalue weighted by molar-refractivity contribution is 7.95. The molecule has 1 aromatic carbocycles. The molecule has 1 aromatic rings. The third-order valence-corrected chi connectivity index (χ3v) is 4.41. The van der Waals surface area contributed by atoms with Crippen LogP contribution < -0.4 is 0 Å². The van der Waals surface area contributed by atoms with E-state index in [1.807, 2.05) is 0 Å². The first-order valence-electron chi connectivity index (χ1n) is 5.34. The molecule has 0 aliphatic carbocycles. The molecule has 0 saturated carbocycles. The Kier molecular flexibility index (Phi) is 2.90. The Balaban J connectivity index is 2.57. The van der Waals surface area contributed by atoms with Gasteiger partial charge in [0.2, 0.25) is 9.84 Å². The largest absolute Gasteiger partial charge is 0.507 e. The third-order valence-electron chi connectivity index (χ3n) is 2.89. The van der Waals surface area contributed by atoms with Gasteiger partial charge in [-0.05, 0) is 23.6 Å². The van der Waals surface area contributed by atoms with Gasteiger partial charge in [-0.1, -0.05) is 13.0 Å². The van der Waals surface area contributed by atoms with E-state index in [9.17, 15) is 18.3 Å². The maximum atomic E-state index is 11.9. The molecule has 5 nitrogen and oxygen atoms in total. The molecule has 1 aliphatic rings. The van der Waals surface area contributed by atoms with Crippen molar-refractivity contribution < 1.29 is 23.4 Å². The van der Waals surface area contributed by atoms with Crippen LogP contribution in [0.5, 0.6) is 5.75 Å². The molecule has 1 atom stereocenters. The van der Waals surface area contributed by atoms with Crippen LogP contribution in [-0.2, 0) is 14.6 Å². The zero-order valence-corrected chi connectivity index (χ0v) is 10.4. The Labute approximate surface area is 104 Å². The number of carboxylic acid groups (broad SMARTS) is 1. The Hall–Kier alpha value is -1.82. The molecule has 0 spiro atoms. The molecular weight excluding hydrogens is 256 g/mol. The van der Waals surface area contributed by atoms with Gasteiger partial charge in [-0.3, -0.25) is 4.79 Å². The maximum absolute atomic E-state index is 11.9. The summed E-state index contributed by atoms with van der Waals surface area (Å²) in [6.45, 7) is 1.62. The van der Waals surface area contributed by atoms with Gasteiger partial charge in [0.05, 0.1) is 11.3 Å². The van der Waals surface area contributed by atoms with E-state index in [2.05, 4.69) is 0 Å². The van der Waals surface area contributed by atoms with Crippen molar-refractivity contribution in [2.24, 2.45) is 5.92 Å². The lowest BCUT2D eigenvalue weighted by Gasteiger charge is -2.12. The molecule has 18 heavy (non-hydrogen) atoms. The van der Waals surface area contributed by atoms with E-state index in [4.69, 9.17) is 5.11 Å². The van der Waals surface area contributed by atoms with E-state index in [0.717, 1.165) is 5.41 Å². The third kappa shape index (κ3) is 1.99. The van der Waals surface area contributed by atoms with E-state index >= 15 is 0 Å². The highest BCUT2D eigenvalue weighted by atomic mass is 32.2. The summed E-state index contributed by atoms with van der Waals surface area (Å²) in [7, 11) is -3.57.